The van der Waals surface area contributed by atoms with Crippen LogP contribution in [0.3, 0.4) is 0 Å². The van der Waals surface area contributed by atoms with Crippen molar-refractivity contribution in [2.45, 2.75) is 43.7 Å². The quantitative estimate of drug-likeness (QED) is 0.362. The predicted octanol–water partition coefficient (Wildman–Crippen LogP) is 4.89. The summed E-state index contributed by atoms with van der Waals surface area (Å²) in [6, 6.07) is 13.2. The van der Waals surface area contributed by atoms with E-state index in [1.165, 1.54) is 40.6 Å². The molecule has 0 spiro atoms. The third kappa shape index (κ3) is 5.97. The molecule has 10 heteroatoms. The van der Waals surface area contributed by atoms with E-state index in [-0.39, 0.29) is 30.0 Å². The van der Waals surface area contributed by atoms with Crippen LogP contribution in [0.15, 0.2) is 64.9 Å². The van der Waals surface area contributed by atoms with Crippen molar-refractivity contribution in [3.63, 3.8) is 0 Å². The number of fused-ring (bicyclic) bond motifs is 1. The van der Waals surface area contributed by atoms with Crippen LogP contribution in [0.2, 0.25) is 0 Å². The number of benzene rings is 2. The number of rotatable bonds is 10. The molecule has 0 N–H and O–H groups in total. The first kappa shape index (κ1) is 27.1. The lowest BCUT2D eigenvalue weighted by Gasteiger charge is -2.37. The van der Waals surface area contributed by atoms with E-state index in [4.69, 9.17) is 9.47 Å². The smallest absolute Gasteiger partial charge is 0.243 e. The van der Waals surface area contributed by atoms with Gasteiger partial charge in [0.2, 0.25) is 15.9 Å². The monoisotopic (exact) mass is 546 g/mol. The minimum Gasteiger partial charge on any atom is -0.497 e. The van der Waals surface area contributed by atoms with Crippen LogP contribution in [0.1, 0.15) is 36.8 Å². The standard InChI is InChI=1S/C27H31FN2O5S2/c1-4-19(2)30(37(32,33)23-10-8-21(34-3)9-11-23)17-27(31)29-14-12-26-24(13-15-36-26)25(29)18-35-22-7-5-6-20(28)16-22/h5-11,13,15-16,19,25H,4,12,14,17-18H2,1-3H3/t19-,25-/m0/s1. The molecule has 0 unspecified atom stereocenters. The van der Waals surface area contributed by atoms with E-state index in [2.05, 4.69) is 0 Å². The average Bonchev–Trinajstić information content (AvgIpc) is 3.39. The van der Waals surface area contributed by atoms with Gasteiger partial charge in [0.1, 0.15) is 23.9 Å². The Morgan fingerprint density at radius 1 is 1.19 bits per heavy atom. The van der Waals surface area contributed by atoms with Crippen LogP contribution in [0.4, 0.5) is 4.39 Å². The van der Waals surface area contributed by atoms with Crippen LogP contribution in [-0.4, -0.2) is 56.4 Å². The Balaban J connectivity index is 1.58. The molecule has 2 heterocycles. The molecule has 1 aliphatic heterocycles. The highest BCUT2D eigenvalue weighted by Gasteiger charge is 2.36. The topological polar surface area (TPSA) is 76.2 Å². The van der Waals surface area contributed by atoms with Crippen molar-refractivity contribution in [2.24, 2.45) is 0 Å². The molecule has 198 valence electrons. The molecule has 1 aliphatic rings. The normalized spacial score (nSPS) is 16.4. The molecule has 1 amide bonds. The van der Waals surface area contributed by atoms with E-state index in [1.807, 2.05) is 18.4 Å². The van der Waals surface area contributed by atoms with E-state index in [1.54, 1.807) is 47.4 Å². The summed E-state index contributed by atoms with van der Waals surface area (Å²) >= 11 is 1.62. The average molecular weight is 547 g/mol. The number of carbonyl (C=O) groups is 1. The number of ether oxygens (including phenoxy) is 2. The number of thiophene rings is 1. The number of sulfonamides is 1. The minimum absolute atomic E-state index is 0.103. The molecule has 2 atom stereocenters. The summed E-state index contributed by atoms with van der Waals surface area (Å²) in [5.41, 5.74) is 0.981. The van der Waals surface area contributed by atoms with Gasteiger partial charge in [0, 0.05) is 23.5 Å². The van der Waals surface area contributed by atoms with E-state index < -0.39 is 21.9 Å². The number of methoxy groups -OCH3 is 1. The lowest BCUT2D eigenvalue weighted by Crippen LogP contribution is -2.49. The molecule has 2 aromatic carbocycles. The van der Waals surface area contributed by atoms with Crippen LogP contribution < -0.4 is 9.47 Å². The maximum atomic E-state index is 13.7. The molecular weight excluding hydrogens is 515 g/mol. The highest BCUT2D eigenvalue weighted by molar-refractivity contribution is 7.89. The Morgan fingerprint density at radius 2 is 1.95 bits per heavy atom. The van der Waals surface area contributed by atoms with Gasteiger partial charge < -0.3 is 14.4 Å². The Morgan fingerprint density at radius 3 is 2.62 bits per heavy atom. The summed E-state index contributed by atoms with van der Waals surface area (Å²) < 4.78 is 53.1. The number of nitrogens with zero attached hydrogens (tertiary/aromatic N) is 2. The second-order valence-corrected chi connectivity index (χ2v) is 11.8. The first-order valence-electron chi connectivity index (χ1n) is 12.1. The summed E-state index contributed by atoms with van der Waals surface area (Å²) in [7, 11) is -2.43. The molecular formula is C27H31FN2O5S2. The zero-order valence-electron chi connectivity index (χ0n) is 21.1. The van der Waals surface area contributed by atoms with Crippen LogP contribution in [0.25, 0.3) is 0 Å². The fraction of sp³-hybridized carbons (Fsp3) is 0.370. The number of carbonyl (C=O) groups excluding carboxylic acids is 1. The maximum absolute atomic E-state index is 13.7. The van der Waals surface area contributed by atoms with E-state index in [0.717, 1.165) is 5.56 Å². The van der Waals surface area contributed by atoms with Gasteiger partial charge in [-0.3, -0.25) is 4.79 Å². The molecule has 0 saturated carbocycles. The van der Waals surface area contributed by atoms with Gasteiger partial charge >= 0.3 is 0 Å². The van der Waals surface area contributed by atoms with Gasteiger partial charge in [-0.15, -0.1) is 11.3 Å². The summed E-state index contributed by atoms with van der Waals surface area (Å²) in [5, 5.41) is 1.98. The van der Waals surface area contributed by atoms with Crippen LogP contribution >= 0.6 is 11.3 Å². The molecule has 3 aromatic rings. The molecule has 0 aliphatic carbocycles. The lowest BCUT2D eigenvalue weighted by molar-refractivity contribution is -0.135. The summed E-state index contributed by atoms with van der Waals surface area (Å²) in [6.45, 7) is 3.97. The zero-order valence-corrected chi connectivity index (χ0v) is 22.7. The van der Waals surface area contributed by atoms with Crippen LogP contribution in [-0.2, 0) is 21.2 Å². The van der Waals surface area contributed by atoms with Crippen molar-refractivity contribution in [1.29, 1.82) is 0 Å². The fourth-order valence-electron chi connectivity index (χ4n) is 4.40. The van der Waals surface area contributed by atoms with Crippen molar-refractivity contribution >= 4 is 27.3 Å². The second-order valence-electron chi connectivity index (χ2n) is 8.90. The first-order valence-corrected chi connectivity index (χ1v) is 14.5. The van der Waals surface area contributed by atoms with Crippen molar-refractivity contribution in [3.05, 3.63) is 76.2 Å². The number of hydrogen-bond donors (Lipinski definition) is 0. The van der Waals surface area contributed by atoms with E-state index in [9.17, 15) is 17.6 Å². The largest absolute Gasteiger partial charge is 0.497 e. The Kier molecular flexibility index (Phi) is 8.51. The van der Waals surface area contributed by atoms with Gasteiger partial charge in [0.25, 0.3) is 0 Å². The lowest BCUT2D eigenvalue weighted by atomic mass is 10.0. The summed E-state index contributed by atoms with van der Waals surface area (Å²) in [4.78, 5) is 16.7. The highest BCUT2D eigenvalue weighted by atomic mass is 32.2. The molecule has 0 saturated heterocycles. The third-order valence-corrected chi connectivity index (χ3v) is 9.63. The molecule has 37 heavy (non-hydrogen) atoms. The van der Waals surface area contributed by atoms with Crippen molar-refractivity contribution in [3.8, 4) is 11.5 Å². The van der Waals surface area contributed by atoms with Gasteiger partial charge in [0.05, 0.1) is 24.6 Å². The molecule has 0 bridgehead atoms. The Hall–Kier alpha value is -2.95. The SMILES string of the molecule is CC[C@H](C)N(CC(=O)N1CCc2sccc2[C@@H]1COc1cccc(F)c1)S(=O)(=O)c1ccc(OC)cc1. The van der Waals surface area contributed by atoms with Gasteiger partial charge in [-0.05, 0) is 73.2 Å². The van der Waals surface area contributed by atoms with Gasteiger partial charge in [-0.25, -0.2) is 12.8 Å². The van der Waals surface area contributed by atoms with Crippen molar-refractivity contribution < 1.29 is 27.1 Å². The maximum Gasteiger partial charge on any atom is 0.243 e. The van der Waals surface area contributed by atoms with Gasteiger partial charge in [0.15, 0.2) is 0 Å². The fourth-order valence-corrected chi connectivity index (χ4v) is 6.98. The summed E-state index contributed by atoms with van der Waals surface area (Å²) in [5.74, 6) is 0.213. The summed E-state index contributed by atoms with van der Waals surface area (Å²) in [6.07, 6.45) is 1.23. The van der Waals surface area contributed by atoms with Crippen LogP contribution in [0.5, 0.6) is 11.5 Å². The molecule has 7 nitrogen and oxygen atoms in total. The van der Waals surface area contributed by atoms with E-state index in [0.29, 0.717) is 30.9 Å². The number of halogens is 1. The van der Waals surface area contributed by atoms with Crippen molar-refractivity contribution in [1.82, 2.24) is 9.21 Å². The minimum atomic E-state index is -3.94. The molecule has 4 rings (SSSR count). The number of hydrogen-bond acceptors (Lipinski definition) is 6. The molecule has 0 radical (unpaired) electrons. The molecule has 1 aromatic heterocycles. The van der Waals surface area contributed by atoms with Gasteiger partial charge in [-0.2, -0.15) is 4.31 Å². The van der Waals surface area contributed by atoms with Crippen molar-refractivity contribution in [2.75, 3.05) is 26.8 Å². The Labute approximate surface area is 221 Å². The third-order valence-electron chi connectivity index (χ3n) is 6.66. The zero-order chi connectivity index (χ0) is 26.6. The second kappa shape index (κ2) is 11.6. The van der Waals surface area contributed by atoms with Crippen LogP contribution in [0, 0.1) is 5.82 Å². The van der Waals surface area contributed by atoms with E-state index >= 15 is 0 Å². The predicted molar refractivity (Wildman–Crippen MR) is 141 cm³/mol. The van der Waals surface area contributed by atoms with Gasteiger partial charge in [-0.1, -0.05) is 13.0 Å². The highest BCUT2D eigenvalue weighted by Crippen LogP contribution is 2.34. The molecule has 0 fully saturated rings. The first-order chi connectivity index (χ1) is 17.7. The Bertz CT molecular complexity index is 1330. The number of amides is 1.